The van der Waals surface area contributed by atoms with Crippen LogP contribution >= 0.6 is 27.3 Å². The maximum absolute atomic E-state index is 13.1. The Morgan fingerprint density at radius 1 is 1.50 bits per heavy atom. The van der Waals surface area contributed by atoms with Crippen molar-refractivity contribution in [2.75, 3.05) is 7.11 Å². The van der Waals surface area contributed by atoms with Crippen LogP contribution in [0.15, 0.2) is 28.2 Å². The van der Waals surface area contributed by atoms with Gasteiger partial charge in [0.25, 0.3) is 0 Å². The minimum Gasteiger partial charge on any atom is -0.399 e. The van der Waals surface area contributed by atoms with Crippen LogP contribution in [0.5, 0.6) is 0 Å². The number of thiazole rings is 1. The van der Waals surface area contributed by atoms with Crippen LogP contribution in [0, 0.1) is 5.82 Å². The highest BCUT2D eigenvalue weighted by Gasteiger charge is 2.14. The molecule has 2 heterocycles. The van der Waals surface area contributed by atoms with Crippen LogP contribution in [0.25, 0.3) is 10.6 Å². The zero-order valence-corrected chi connectivity index (χ0v) is 12.0. The van der Waals surface area contributed by atoms with Gasteiger partial charge in [-0.3, -0.25) is 4.98 Å². The van der Waals surface area contributed by atoms with E-state index < -0.39 is 0 Å². The van der Waals surface area contributed by atoms with Crippen molar-refractivity contribution in [2.45, 2.75) is 6.92 Å². The van der Waals surface area contributed by atoms with E-state index in [1.807, 2.05) is 6.92 Å². The summed E-state index contributed by atoms with van der Waals surface area (Å²) in [7, 11) is 1.48. The van der Waals surface area contributed by atoms with E-state index in [9.17, 15) is 4.39 Å². The maximum Gasteiger partial charge on any atom is 0.142 e. The molecule has 0 aliphatic rings. The van der Waals surface area contributed by atoms with Gasteiger partial charge >= 0.3 is 0 Å². The lowest BCUT2D eigenvalue weighted by Gasteiger charge is -1.95. The summed E-state index contributed by atoms with van der Waals surface area (Å²) in [5.41, 5.74) is 1.34. The van der Waals surface area contributed by atoms with Gasteiger partial charge in [-0.2, -0.15) is 0 Å². The van der Waals surface area contributed by atoms with Crippen molar-refractivity contribution in [1.29, 1.82) is 0 Å². The van der Waals surface area contributed by atoms with E-state index >= 15 is 0 Å². The smallest absolute Gasteiger partial charge is 0.142 e. The predicted molar refractivity (Wildman–Crippen MR) is 72.2 cm³/mol. The van der Waals surface area contributed by atoms with Gasteiger partial charge in [0.2, 0.25) is 0 Å². The molecule has 0 unspecified atom stereocenters. The van der Waals surface area contributed by atoms with E-state index in [0.717, 1.165) is 11.1 Å². The minimum atomic E-state index is -0.386. The molecule has 0 saturated heterocycles. The van der Waals surface area contributed by atoms with Gasteiger partial charge in [0.05, 0.1) is 16.8 Å². The van der Waals surface area contributed by atoms with Crippen molar-refractivity contribution in [3.8, 4) is 10.6 Å². The van der Waals surface area contributed by atoms with E-state index in [-0.39, 0.29) is 5.82 Å². The molecule has 2 rings (SSSR count). The third-order valence-corrected chi connectivity index (χ3v) is 4.14. The zero-order valence-electron chi connectivity index (χ0n) is 9.65. The highest BCUT2D eigenvalue weighted by molar-refractivity contribution is 9.10. The normalized spacial score (nSPS) is 11.7. The fraction of sp³-hybridized carbons (Fsp3) is 0.182. The molecule has 0 aromatic carbocycles. The molecule has 0 amide bonds. The Kier molecular flexibility index (Phi) is 4.03. The van der Waals surface area contributed by atoms with Crippen molar-refractivity contribution in [1.82, 2.24) is 9.97 Å². The largest absolute Gasteiger partial charge is 0.399 e. The Balaban J connectivity index is 2.43. The van der Waals surface area contributed by atoms with E-state index in [4.69, 9.17) is 4.84 Å². The minimum absolute atomic E-state index is 0.386. The number of nitrogens with zero attached hydrogens (tertiary/aromatic N) is 3. The summed E-state index contributed by atoms with van der Waals surface area (Å²) in [5, 5.41) is 4.52. The number of hydrogen-bond donors (Lipinski definition) is 0. The van der Waals surface area contributed by atoms with Crippen LogP contribution < -0.4 is 0 Å². The Morgan fingerprint density at radius 3 is 2.94 bits per heavy atom. The van der Waals surface area contributed by atoms with E-state index in [1.54, 1.807) is 6.20 Å². The molecule has 0 N–H and O–H groups in total. The Morgan fingerprint density at radius 2 is 2.28 bits per heavy atom. The van der Waals surface area contributed by atoms with E-state index in [1.165, 1.54) is 24.5 Å². The molecule has 0 spiro atoms. The molecule has 0 atom stereocenters. The quantitative estimate of drug-likeness (QED) is 0.639. The summed E-state index contributed by atoms with van der Waals surface area (Å²) >= 11 is 4.75. The maximum atomic E-state index is 13.1. The van der Waals surface area contributed by atoms with Gasteiger partial charge in [0, 0.05) is 11.8 Å². The van der Waals surface area contributed by atoms with Gasteiger partial charge in [-0.25, -0.2) is 9.37 Å². The van der Waals surface area contributed by atoms with Crippen molar-refractivity contribution in [3.05, 3.63) is 33.8 Å². The monoisotopic (exact) mass is 329 g/mol. The summed E-state index contributed by atoms with van der Waals surface area (Å²) in [6, 6.07) is 1.39. The fourth-order valence-corrected chi connectivity index (χ4v) is 3.05. The summed E-state index contributed by atoms with van der Waals surface area (Å²) < 4.78 is 13.8. The zero-order chi connectivity index (χ0) is 13.1. The van der Waals surface area contributed by atoms with Gasteiger partial charge in [0.1, 0.15) is 22.5 Å². The second kappa shape index (κ2) is 5.53. The predicted octanol–water partition coefficient (Wildman–Crippen LogP) is 3.48. The Labute approximate surface area is 116 Å². The molecule has 7 heteroatoms. The van der Waals surface area contributed by atoms with Crippen LogP contribution in [0.1, 0.15) is 11.8 Å². The van der Waals surface area contributed by atoms with E-state index in [0.29, 0.717) is 20.9 Å². The van der Waals surface area contributed by atoms with Gasteiger partial charge in [-0.15, -0.1) is 11.3 Å². The third kappa shape index (κ3) is 2.73. The molecule has 0 fully saturated rings. The summed E-state index contributed by atoms with van der Waals surface area (Å²) in [5.74, 6) is -0.386. The van der Waals surface area contributed by atoms with Crippen molar-refractivity contribution in [2.24, 2.45) is 5.16 Å². The van der Waals surface area contributed by atoms with Gasteiger partial charge in [0.15, 0.2) is 0 Å². The first kappa shape index (κ1) is 13.1. The first-order valence-electron chi connectivity index (χ1n) is 4.97. The summed E-state index contributed by atoms with van der Waals surface area (Å²) in [4.78, 5) is 13.7. The SMILES string of the molecule is CO/N=C(\C)c1sc(-c2cncc(F)c2)nc1Br. The molecule has 18 heavy (non-hydrogen) atoms. The van der Waals surface area contributed by atoms with Gasteiger partial charge in [-0.1, -0.05) is 5.16 Å². The van der Waals surface area contributed by atoms with Crippen LogP contribution in [0.2, 0.25) is 0 Å². The second-order valence-corrected chi connectivity index (χ2v) is 5.14. The molecule has 0 aliphatic heterocycles. The molecule has 94 valence electrons. The molecular formula is C11H9BrFN3OS. The second-order valence-electron chi connectivity index (χ2n) is 3.39. The Bertz CT molecular complexity index is 600. The van der Waals surface area contributed by atoms with Crippen LogP contribution in [-0.2, 0) is 4.84 Å². The molecule has 4 nitrogen and oxygen atoms in total. The highest BCUT2D eigenvalue weighted by Crippen LogP contribution is 2.31. The van der Waals surface area contributed by atoms with Crippen LogP contribution in [0.3, 0.4) is 0 Å². The third-order valence-electron chi connectivity index (χ3n) is 2.09. The number of oxime groups is 1. The molecule has 0 radical (unpaired) electrons. The molecule has 2 aromatic rings. The Hall–Kier alpha value is -1.34. The highest BCUT2D eigenvalue weighted by atomic mass is 79.9. The van der Waals surface area contributed by atoms with Crippen molar-refractivity contribution in [3.63, 3.8) is 0 Å². The van der Waals surface area contributed by atoms with Crippen molar-refractivity contribution >= 4 is 33.0 Å². The van der Waals surface area contributed by atoms with Crippen LogP contribution in [-0.4, -0.2) is 22.8 Å². The lowest BCUT2D eigenvalue weighted by molar-refractivity contribution is 0.213. The molecule has 0 bridgehead atoms. The standard InChI is InChI=1S/C11H9BrFN3OS/c1-6(16-17-2)9-10(12)15-11(18-9)7-3-8(13)5-14-4-7/h3-5H,1-2H3/b16-6+. The lowest BCUT2D eigenvalue weighted by Crippen LogP contribution is -1.92. The van der Waals surface area contributed by atoms with E-state index in [2.05, 4.69) is 31.1 Å². The first-order chi connectivity index (χ1) is 8.61. The molecular weight excluding hydrogens is 321 g/mol. The number of pyridine rings is 1. The number of hydrogen-bond acceptors (Lipinski definition) is 5. The van der Waals surface area contributed by atoms with Crippen LogP contribution in [0.4, 0.5) is 4.39 Å². The summed E-state index contributed by atoms with van der Waals surface area (Å²) in [6.07, 6.45) is 2.73. The van der Waals surface area contributed by atoms with Gasteiger partial charge < -0.3 is 4.84 Å². The average Bonchev–Trinajstić information content (AvgIpc) is 2.72. The van der Waals surface area contributed by atoms with Crippen molar-refractivity contribution < 1.29 is 9.23 Å². The molecule has 0 saturated carbocycles. The fourth-order valence-electron chi connectivity index (χ4n) is 1.36. The molecule has 2 aromatic heterocycles. The lowest BCUT2D eigenvalue weighted by atomic mass is 10.3. The van der Waals surface area contributed by atoms with Gasteiger partial charge in [-0.05, 0) is 28.9 Å². The topological polar surface area (TPSA) is 47.4 Å². The summed E-state index contributed by atoms with van der Waals surface area (Å²) in [6.45, 7) is 1.81. The average molecular weight is 330 g/mol. The number of aromatic nitrogens is 2. The first-order valence-corrected chi connectivity index (χ1v) is 6.58. The number of halogens is 2. The molecule has 0 aliphatic carbocycles. The number of rotatable bonds is 3.